The molecule has 0 fully saturated rings. The van der Waals surface area contributed by atoms with Crippen LogP contribution in [0, 0.1) is 0 Å². The second-order valence-corrected chi connectivity index (χ2v) is 14.7. The van der Waals surface area contributed by atoms with Crippen molar-refractivity contribution in [1.82, 2.24) is 0 Å². The Labute approximate surface area is 138 Å². The van der Waals surface area contributed by atoms with Crippen molar-refractivity contribution in [1.29, 1.82) is 0 Å². The van der Waals surface area contributed by atoms with E-state index in [1.807, 2.05) is 0 Å². The van der Waals surface area contributed by atoms with Crippen molar-refractivity contribution in [3.63, 3.8) is 0 Å². The van der Waals surface area contributed by atoms with Gasteiger partial charge in [-0.25, -0.2) is 0 Å². The second kappa shape index (κ2) is 4.64. The minimum atomic E-state index is -1.03. The molecule has 2 aliphatic carbocycles. The summed E-state index contributed by atoms with van der Waals surface area (Å²) >= 11 is -1.03. The minimum absolute atomic E-state index is 0.313. The van der Waals surface area contributed by atoms with Gasteiger partial charge >= 0.3 is 138 Å². The molecule has 21 heavy (non-hydrogen) atoms. The van der Waals surface area contributed by atoms with E-state index in [1.54, 1.807) is 11.1 Å². The molecule has 0 aliphatic heterocycles. The summed E-state index contributed by atoms with van der Waals surface area (Å²) in [5, 5.41) is 0. The fraction of sp³-hybridized carbons (Fsp3) is 0.200. The molecule has 0 bridgehead atoms. The van der Waals surface area contributed by atoms with Crippen molar-refractivity contribution < 1.29 is 22.9 Å². The van der Waals surface area contributed by atoms with Crippen molar-refractivity contribution in [2.45, 2.75) is 20.2 Å². The van der Waals surface area contributed by atoms with Crippen LogP contribution in [0.5, 0.6) is 0 Å². The standard InChI is InChI=1S/2C10H9.Hf/c2*1-8-6-7-9-4-2-3-5-10(8)9;/h2*2-7H,1H3;. The summed E-state index contributed by atoms with van der Waals surface area (Å²) < 4.78 is 0.625. The Morgan fingerprint density at radius 2 is 1.10 bits per heavy atom. The quantitative estimate of drug-likeness (QED) is 0.584. The van der Waals surface area contributed by atoms with E-state index in [0.717, 1.165) is 0 Å². The van der Waals surface area contributed by atoms with Crippen LogP contribution in [0.2, 0.25) is 0 Å². The van der Waals surface area contributed by atoms with E-state index in [2.05, 4.69) is 86.7 Å². The SMILES string of the molecule is C[C]1([Hf][C]2(C)C=Cc3ccccc32)C=Cc2ccccc21. The Kier molecular flexibility index (Phi) is 2.97. The molecule has 2 aromatic rings. The van der Waals surface area contributed by atoms with Crippen molar-refractivity contribution in [3.05, 3.63) is 82.9 Å². The van der Waals surface area contributed by atoms with Crippen LogP contribution < -0.4 is 0 Å². The summed E-state index contributed by atoms with van der Waals surface area (Å²) in [5.74, 6) is 0. The van der Waals surface area contributed by atoms with Gasteiger partial charge in [0, 0.05) is 0 Å². The predicted octanol–water partition coefficient (Wildman–Crippen LogP) is 4.95. The van der Waals surface area contributed by atoms with Gasteiger partial charge < -0.3 is 0 Å². The normalized spacial score (nSPS) is 28.5. The van der Waals surface area contributed by atoms with E-state index in [4.69, 9.17) is 0 Å². The van der Waals surface area contributed by atoms with Crippen LogP contribution >= 0.6 is 0 Å². The maximum atomic E-state index is 2.47. The van der Waals surface area contributed by atoms with Gasteiger partial charge in [0.15, 0.2) is 0 Å². The third-order valence-corrected chi connectivity index (χ3v) is 11.6. The molecule has 4 rings (SSSR count). The van der Waals surface area contributed by atoms with E-state index >= 15 is 0 Å². The van der Waals surface area contributed by atoms with Crippen LogP contribution in [-0.4, -0.2) is 0 Å². The molecule has 2 aliphatic rings. The van der Waals surface area contributed by atoms with Gasteiger partial charge in [-0.15, -0.1) is 0 Å². The Bertz CT molecular complexity index is 705. The molecular formula is C20H18Hf. The van der Waals surface area contributed by atoms with Crippen LogP contribution in [0.25, 0.3) is 12.2 Å². The Morgan fingerprint density at radius 3 is 1.57 bits per heavy atom. The van der Waals surface area contributed by atoms with Gasteiger partial charge in [-0.05, 0) is 0 Å². The van der Waals surface area contributed by atoms with Crippen molar-refractivity contribution in [2.24, 2.45) is 0 Å². The van der Waals surface area contributed by atoms with Gasteiger partial charge in [0.2, 0.25) is 0 Å². The predicted molar refractivity (Wildman–Crippen MR) is 85.7 cm³/mol. The fourth-order valence-electron chi connectivity index (χ4n) is 3.68. The maximum absolute atomic E-state index is 2.47. The third-order valence-electron chi connectivity index (χ3n) is 4.75. The number of rotatable bonds is 2. The molecule has 0 heterocycles. The molecule has 2 atom stereocenters. The number of allylic oxidation sites excluding steroid dienone is 2. The molecule has 0 saturated carbocycles. The molecule has 1 heteroatoms. The summed E-state index contributed by atoms with van der Waals surface area (Å²) in [6.45, 7) is 4.91. The molecule has 2 unspecified atom stereocenters. The molecule has 0 nitrogen and oxygen atoms in total. The van der Waals surface area contributed by atoms with Gasteiger partial charge in [0.1, 0.15) is 0 Å². The van der Waals surface area contributed by atoms with Crippen molar-refractivity contribution in [3.8, 4) is 0 Å². The number of benzene rings is 2. The summed E-state index contributed by atoms with van der Waals surface area (Å²) in [6, 6.07) is 17.8. The van der Waals surface area contributed by atoms with E-state index < -0.39 is 22.9 Å². The van der Waals surface area contributed by atoms with Crippen molar-refractivity contribution in [2.75, 3.05) is 0 Å². The van der Waals surface area contributed by atoms with E-state index in [-0.39, 0.29) is 0 Å². The monoisotopic (exact) mass is 438 g/mol. The first-order valence-corrected chi connectivity index (χ1v) is 11.1. The first kappa shape index (κ1) is 13.5. The number of hydrogen-bond donors (Lipinski definition) is 0. The molecule has 0 spiro atoms. The van der Waals surface area contributed by atoms with Crippen LogP contribution in [0.15, 0.2) is 60.7 Å². The van der Waals surface area contributed by atoms with Crippen LogP contribution in [0.1, 0.15) is 36.1 Å². The van der Waals surface area contributed by atoms with E-state index in [1.165, 1.54) is 11.1 Å². The van der Waals surface area contributed by atoms with Gasteiger partial charge in [-0.1, -0.05) is 0 Å². The Morgan fingerprint density at radius 1 is 0.667 bits per heavy atom. The topological polar surface area (TPSA) is 0 Å². The third kappa shape index (κ3) is 2.05. The molecular weight excluding hydrogens is 419 g/mol. The molecule has 0 amide bonds. The summed E-state index contributed by atoms with van der Waals surface area (Å²) in [5.41, 5.74) is 5.94. The van der Waals surface area contributed by atoms with E-state index in [9.17, 15) is 0 Å². The molecule has 0 N–H and O–H groups in total. The average molecular weight is 437 g/mol. The van der Waals surface area contributed by atoms with E-state index in [0.29, 0.717) is 6.34 Å². The molecule has 0 saturated heterocycles. The van der Waals surface area contributed by atoms with Gasteiger partial charge in [0.05, 0.1) is 0 Å². The zero-order chi connectivity index (χ0) is 14.5. The molecule has 2 aromatic carbocycles. The Balaban J connectivity index is 1.75. The molecule has 0 radical (unpaired) electrons. The first-order valence-electron chi connectivity index (χ1n) is 7.48. The second-order valence-electron chi connectivity index (χ2n) is 6.37. The number of fused-ring (bicyclic) bond motifs is 2. The molecule has 0 aromatic heterocycles. The summed E-state index contributed by atoms with van der Waals surface area (Å²) in [7, 11) is 0. The summed E-state index contributed by atoms with van der Waals surface area (Å²) in [6.07, 6.45) is 9.61. The van der Waals surface area contributed by atoms with Gasteiger partial charge in [0.25, 0.3) is 0 Å². The molecule has 102 valence electrons. The zero-order valence-corrected chi connectivity index (χ0v) is 16.0. The zero-order valence-electron chi connectivity index (χ0n) is 12.4. The van der Waals surface area contributed by atoms with Gasteiger partial charge in [-0.2, -0.15) is 0 Å². The summed E-state index contributed by atoms with van der Waals surface area (Å²) in [4.78, 5) is 0. The van der Waals surface area contributed by atoms with Crippen molar-refractivity contribution >= 4 is 12.2 Å². The Hall–Kier alpha value is -1.21. The van der Waals surface area contributed by atoms with Gasteiger partial charge in [-0.3, -0.25) is 0 Å². The van der Waals surface area contributed by atoms with Crippen LogP contribution in [-0.2, 0) is 29.2 Å². The van der Waals surface area contributed by atoms with Crippen LogP contribution in [0.4, 0.5) is 0 Å². The van der Waals surface area contributed by atoms with Crippen LogP contribution in [0.3, 0.4) is 0 Å². The first-order chi connectivity index (χ1) is 10.1. The number of hydrogen-bond acceptors (Lipinski definition) is 0. The average Bonchev–Trinajstić information content (AvgIpc) is 3.00. The fourth-order valence-corrected chi connectivity index (χ4v) is 11.4.